The van der Waals surface area contributed by atoms with Crippen LogP contribution in [0.1, 0.15) is 44.2 Å². The van der Waals surface area contributed by atoms with Crippen LogP contribution in [0.15, 0.2) is 28.7 Å². The third kappa shape index (κ3) is 3.57. The fourth-order valence-corrected chi connectivity index (χ4v) is 3.06. The number of nitrogens with zero attached hydrogens (tertiary/aromatic N) is 1. The van der Waals surface area contributed by atoms with Gasteiger partial charge >= 0.3 is 5.97 Å². The van der Waals surface area contributed by atoms with Gasteiger partial charge in [0.1, 0.15) is 6.04 Å². The summed E-state index contributed by atoms with van der Waals surface area (Å²) in [4.78, 5) is 13.6. The fraction of sp³-hybridized carbons (Fsp3) is 0.533. The van der Waals surface area contributed by atoms with Crippen LogP contribution in [0.25, 0.3) is 0 Å². The maximum absolute atomic E-state index is 11.5. The molecule has 1 aromatic carbocycles. The SMILES string of the molecule is CC(c1ccc(Br)cc1)N1CCCCCC1C(=O)O. The van der Waals surface area contributed by atoms with Crippen LogP contribution in [0, 0.1) is 0 Å². The monoisotopic (exact) mass is 325 g/mol. The Hall–Kier alpha value is -0.870. The van der Waals surface area contributed by atoms with Crippen molar-refractivity contribution in [3.8, 4) is 0 Å². The molecule has 0 spiro atoms. The van der Waals surface area contributed by atoms with Crippen molar-refractivity contribution in [1.82, 2.24) is 4.90 Å². The number of hydrogen-bond donors (Lipinski definition) is 1. The van der Waals surface area contributed by atoms with E-state index in [9.17, 15) is 9.90 Å². The molecule has 1 aliphatic heterocycles. The molecule has 0 bridgehead atoms. The Labute approximate surface area is 122 Å². The molecule has 0 radical (unpaired) electrons. The van der Waals surface area contributed by atoms with Gasteiger partial charge in [0.25, 0.3) is 0 Å². The van der Waals surface area contributed by atoms with E-state index in [1.807, 2.05) is 12.1 Å². The number of aliphatic carboxylic acids is 1. The van der Waals surface area contributed by atoms with Crippen LogP contribution in [0.4, 0.5) is 0 Å². The van der Waals surface area contributed by atoms with Crippen molar-refractivity contribution in [1.29, 1.82) is 0 Å². The van der Waals surface area contributed by atoms with E-state index in [2.05, 4.69) is 39.9 Å². The van der Waals surface area contributed by atoms with Crippen LogP contribution in [0.3, 0.4) is 0 Å². The first-order valence-corrected chi connectivity index (χ1v) is 7.63. The highest BCUT2D eigenvalue weighted by Gasteiger charge is 2.30. The molecule has 2 atom stereocenters. The van der Waals surface area contributed by atoms with Crippen molar-refractivity contribution in [3.63, 3.8) is 0 Å². The number of carbonyl (C=O) groups is 1. The number of carboxylic acid groups (broad SMARTS) is 1. The first kappa shape index (κ1) is 14.5. The van der Waals surface area contributed by atoms with Gasteiger partial charge in [0.2, 0.25) is 0 Å². The van der Waals surface area contributed by atoms with Crippen molar-refractivity contribution in [3.05, 3.63) is 34.3 Å². The molecule has 1 fully saturated rings. The van der Waals surface area contributed by atoms with E-state index in [0.717, 1.165) is 36.7 Å². The van der Waals surface area contributed by atoms with Gasteiger partial charge in [0.05, 0.1) is 0 Å². The van der Waals surface area contributed by atoms with Crippen LogP contribution in [0.2, 0.25) is 0 Å². The number of hydrogen-bond acceptors (Lipinski definition) is 2. The molecule has 0 saturated carbocycles. The van der Waals surface area contributed by atoms with Crippen molar-refractivity contribution in [2.75, 3.05) is 6.54 Å². The maximum Gasteiger partial charge on any atom is 0.320 e. The molecule has 0 aromatic heterocycles. The third-order valence-corrected chi connectivity index (χ3v) is 4.46. The predicted molar refractivity (Wildman–Crippen MR) is 79.2 cm³/mol. The fourth-order valence-electron chi connectivity index (χ4n) is 2.79. The third-order valence-electron chi connectivity index (χ3n) is 3.93. The number of rotatable bonds is 3. The van der Waals surface area contributed by atoms with Gasteiger partial charge in [0.15, 0.2) is 0 Å². The zero-order valence-electron chi connectivity index (χ0n) is 11.2. The first-order chi connectivity index (χ1) is 9.09. The first-order valence-electron chi connectivity index (χ1n) is 6.83. The molecule has 2 unspecified atom stereocenters. The summed E-state index contributed by atoms with van der Waals surface area (Å²) >= 11 is 3.43. The summed E-state index contributed by atoms with van der Waals surface area (Å²) < 4.78 is 1.05. The summed E-state index contributed by atoms with van der Waals surface area (Å²) in [6.07, 6.45) is 3.99. The van der Waals surface area contributed by atoms with Crippen molar-refractivity contribution < 1.29 is 9.90 Å². The van der Waals surface area contributed by atoms with E-state index in [1.165, 1.54) is 5.56 Å². The molecule has 1 aromatic rings. The summed E-state index contributed by atoms with van der Waals surface area (Å²) in [6.45, 7) is 2.97. The van der Waals surface area contributed by atoms with Gasteiger partial charge in [0, 0.05) is 10.5 Å². The predicted octanol–water partition coefficient (Wildman–Crippen LogP) is 3.84. The Morgan fingerprint density at radius 3 is 2.63 bits per heavy atom. The van der Waals surface area contributed by atoms with Crippen molar-refractivity contribution in [2.45, 2.75) is 44.7 Å². The Morgan fingerprint density at radius 1 is 1.32 bits per heavy atom. The Morgan fingerprint density at radius 2 is 2.00 bits per heavy atom. The molecule has 1 aliphatic rings. The van der Waals surface area contributed by atoms with Gasteiger partial charge in [-0.1, -0.05) is 40.9 Å². The van der Waals surface area contributed by atoms with Crippen molar-refractivity contribution >= 4 is 21.9 Å². The normalized spacial score (nSPS) is 22.7. The minimum absolute atomic E-state index is 0.146. The van der Waals surface area contributed by atoms with E-state index >= 15 is 0 Å². The van der Waals surface area contributed by atoms with Gasteiger partial charge in [-0.15, -0.1) is 0 Å². The summed E-state index contributed by atoms with van der Waals surface area (Å²) in [5.74, 6) is -0.689. The van der Waals surface area contributed by atoms with E-state index in [1.54, 1.807) is 0 Å². The Kier molecular flexibility index (Phi) is 4.99. The highest BCUT2D eigenvalue weighted by Crippen LogP contribution is 2.28. The second-order valence-corrected chi connectivity index (χ2v) is 6.08. The maximum atomic E-state index is 11.5. The molecule has 19 heavy (non-hydrogen) atoms. The molecule has 4 heteroatoms. The number of likely N-dealkylation sites (tertiary alicyclic amines) is 1. The second kappa shape index (κ2) is 6.53. The van der Waals surface area contributed by atoms with Crippen LogP contribution in [-0.4, -0.2) is 28.6 Å². The van der Waals surface area contributed by atoms with Crippen LogP contribution in [0.5, 0.6) is 0 Å². The highest BCUT2D eigenvalue weighted by molar-refractivity contribution is 9.10. The molecular weight excluding hydrogens is 306 g/mol. The minimum Gasteiger partial charge on any atom is -0.480 e. The Bertz CT molecular complexity index is 432. The average Bonchev–Trinajstić information content (AvgIpc) is 2.64. The Balaban J connectivity index is 2.20. The molecule has 0 aliphatic carbocycles. The minimum atomic E-state index is -0.689. The second-order valence-electron chi connectivity index (χ2n) is 5.17. The molecular formula is C15H20BrNO2. The lowest BCUT2D eigenvalue weighted by Gasteiger charge is -2.33. The van der Waals surface area contributed by atoms with Gasteiger partial charge in [-0.05, 0) is 44.0 Å². The summed E-state index contributed by atoms with van der Waals surface area (Å²) in [6, 6.07) is 7.96. The van der Waals surface area contributed by atoms with Gasteiger partial charge in [-0.25, -0.2) is 0 Å². The van der Waals surface area contributed by atoms with Crippen LogP contribution >= 0.6 is 15.9 Å². The van der Waals surface area contributed by atoms with Gasteiger partial charge < -0.3 is 5.11 Å². The average molecular weight is 326 g/mol. The molecule has 1 saturated heterocycles. The van der Waals surface area contributed by atoms with Crippen LogP contribution in [-0.2, 0) is 4.79 Å². The number of carboxylic acids is 1. The number of halogens is 1. The summed E-state index contributed by atoms with van der Waals surface area (Å²) in [5, 5.41) is 9.42. The zero-order chi connectivity index (χ0) is 13.8. The van der Waals surface area contributed by atoms with E-state index in [4.69, 9.17) is 0 Å². The highest BCUT2D eigenvalue weighted by atomic mass is 79.9. The lowest BCUT2D eigenvalue weighted by Crippen LogP contribution is -2.42. The van der Waals surface area contributed by atoms with E-state index in [-0.39, 0.29) is 12.1 Å². The topological polar surface area (TPSA) is 40.5 Å². The molecule has 1 heterocycles. The lowest BCUT2D eigenvalue weighted by atomic mass is 10.0. The smallest absolute Gasteiger partial charge is 0.320 e. The molecule has 3 nitrogen and oxygen atoms in total. The van der Waals surface area contributed by atoms with Gasteiger partial charge in [-0.3, -0.25) is 9.69 Å². The molecule has 104 valence electrons. The van der Waals surface area contributed by atoms with Crippen molar-refractivity contribution in [2.24, 2.45) is 0 Å². The van der Waals surface area contributed by atoms with E-state index < -0.39 is 5.97 Å². The molecule has 2 rings (SSSR count). The number of benzene rings is 1. The standard InChI is InChI=1S/C15H20BrNO2/c1-11(12-6-8-13(16)9-7-12)17-10-4-2-3-5-14(17)15(18)19/h6-9,11,14H,2-5,10H2,1H3,(H,18,19). The zero-order valence-corrected chi connectivity index (χ0v) is 12.8. The summed E-state index contributed by atoms with van der Waals surface area (Å²) in [7, 11) is 0. The molecule has 0 amide bonds. The van der Waals surface area contributed by atoms with Crippen LogP contribution < -0.4 is 0 Å². The largest absolute Gasteiger partial charge is 0.480 e. The lowest BCUT2D eigenvalue weighted by molar-refractivity contribution is -0.144. The molecule has 1 N–H and O–H groups in total. The van der Waals surface area contributed by atoms with E-state index in [0.29, 0.717) is 0 Å². The summed E-state index contributed by atoms with van der Waals surface area (Å²) in [5.41, 5.74) is 1.18. The van der Waals surface area contributed by atoms with Gasteiger partial charge in [-0.2, -0.15) is 0 Å². The quantitative estimate of drug-likeness (QED) is 0.917.